The van der Waals surface area contributed by atoms with Gasteiger partial charge >= 0.3 is 0 Å². The zero-order valence-electron chi connectivity index (χ0n) is 19.5. The Labute approximate surface area is 207 Å². The molecule has 2 aromatic carbocycles. The van der Waals surface area contributed by atoms with E-state index >= 15 is 0 Å². The number of hydrogen-bond donors (Lipinski definition) is 0. The van der Waals surface area contributed by atoms with Crippen LogP contribution >= 0.6 is 11.8 Å². The molecule has 0 bridgehead atoms. The smallest absolute Gasteiger partial charge is 0.253 e. The van der Waals surface area contributed by atoms with Crippen LogP contribution in [0.5, 0.6) is 5.75 Å². The maximum Gasteiger partial charge on any atom is 0.253 e. The van der Waals surface area contributed by atoms with E-state index in [0.29, 0.717) is 23.8 Å². The highest BCUT2D eigenvalue weighted by atomic mass is 32.2. The summed E-state index contributed by atoms with van der Waals surface area (Å²) in [5, 5.41) is 15.5. The summed E-state index contributed by atoms with van der Waals surface area (Å²) in [6.45, 7) is 0. The fourth-order valence-electron chi connectivity index (χ4n) is 4.00. The Balaban J connectivity index is 1.30. The van der Waals surface area contributed by atoms with Crippen molar-refractivity contribution >= 4 is 23.4 Å². The molecule has 1 aliphatic rings. The van der Waals surface area contributed by atoms with E-state index in [4.69, 9.17) is 14.3 Å². The number of hydrogen-bond acceptors (Lipinski definition) is 7. The van der Waals surface area contributed by atoms with Crippen LogP contribution in [0.3, 0.4) is 0 Å². The highest BCUT2D eigenvalue weighted by molar-refractivity contribution is 7.99. The van der Waals surface area contributed by atoms with E-state index in [1.165, 1.54) is 16.8 Å². The molecule has 35 heavy (non-hydrogen) atoms. The third-order valence-corrected chi connectivity index (χ3v) is 6.92. The van der Waals surface area contributed by atoms with Crippen molar-refractivity contribution in [1.29, 1.82) is 0 Å². The molecule has 178 valence electrons. The second-order valence-corrected chi connectivity index (χ2v) is 9.10. The minimum atomic E-state index is -0.289. The van der Waals surface area contributed by atoms with Crippen LogP contribution in [0.4, 0.5) is 0 Å². The molecule has 2 aromatic heterocycles. The Morgan fingerprint density at radius 3 is 2.60 bits per heavy atom. The zero-order chi connectivity index (χ0) is 24.2. The number of amides is 1. The summed E-state index contributed by atoms with van der Waals surface area (Å²) in [7, 11) is 3.56. The molecule has 1 atom stereocenters. The summed E-state index contributed by atoms with van der Waals surface area (Å²) >= 11 is 1.36. The number of benzene rings is 2. The summed E-state index contributed by atoms with van der Waals surface area (Å²) in [5.41, 5.74) is 2.94. The Bertz CT molecular complexity index is 1320. The fourth-order valence-corrected chi connectivity index (χ4v) is 4.78. The molecule has 0 radical (unpaired) electrons. The van der Waals surface area contributed by atoms with Crippen molar-refractivity contribution in [2.75, 3.05) is 12.9 Å². The van der Waals surface area contributed by atoms with Gasteiger partial charge in [-0.3, -0.25) is 4.79 Å². The van der Waals surface area contributed by atoms with Gasteiger partial charge in [0.1, 0.15) is 23.4 Å². The van der Waals surface area contributed by atoms with E-state index in [9.17, 15) is 4.79 Å². The molecule has 0 fully saturated rings. The lowest BCUT2D eigenvalue weighted by Crippen LogP contribution is -2.28. The summed E-state index contributed by atoms with van der Waals surface area (Å²) in [4.78, 5) is 13.3. The number of carbonyl (C=O) groups excluding carboxylic acids is 1. The first-order chi connectivity index (χ1) is 17.1. The standard InChI is InChI=1S/C26H25N5O3S/c1-30-24(15-18-7-4-3-5-8-18)27-28-26(30)35-17-25(32)31-22(23-9-6-14-34-23)16-21(29-31)19-10-12-20(33-2)13-11-19/h3-14,22H,15-17H2,1-2H3/t22-/m1/s1. The van der Waals surface area contributed by atoms with Crippen LogP contribution in [-0.2, 0) is 18.3 Å². The third-order valence-electron chi connectivity index (χ3n) is 5.92. The molecule has 9 heteroatoms. The van der Waals surface area contributed by atoms with E-state index in [2.05, 4.69) is 22.3 Å². The quantitative estimate of drug-likeness (QED) is 0.341. The molecule has 0 aliphatic carbocycles. The second-order valence-electron chi connectivity index (χ2n) is 8.16. The number of furan rings is 1. The van der Waals surface area contributed by atoms with Gasteiger partial charge in [0.25, 0.3) is 5.91 Å². The van der Waals surface area contributed by atoms with Gasteiger partial charge in [-0.05, 0) is 47.5 Å². The zero-order valence-corrected chi connectivity index (χ0v) is 20.3. The molecule has 8 nitrogen and oxygen atoms in total. The van der Waals surface area contributed by atoms with Crippen LogP contribution in [0, 0.1) is 0 Å². The van der Waals surface area contributed by atoms with E-state index in [1.807, 2.05) is 66.2 Å². The molecule has 0 saturated heterocycles. The topological polar surface area (TPSA) is 85.8 Å². The van der Waals surface area contributed by atoms with Crippen molar-refractivity contribution in [1.82, 2.24) is 19.8 Å². The van der Waals surface area contributed by atoms with Gasteiger partial charge in [0.15, 0.2) is 5.16 Å². The lowest BCUT2D eigenvalue weighted by Gasteiger charge is -2.19. The molecule has 0 spiro atoms. The lowest BCUT2D eigenvalue weighted by atomic mass is 10.0. The average molecular weight is 488 g/mol. The number of ether oxygens (including phenoxy) is 1. The monoisotopic (exact) mass is 487 g/mol. The molecular formula is C26H25N5O3S. The minimum absolute atomic E-state index is 0.118. The lowest BCUT2D eigenvalue weighted by molar-refractivity contribution is -0.130. The second kappa shape index (κ2) is 10.2. The predicted molar refractivity (Wildman–Crippen MR) is 133 cm³/mol. The van der Waals surface area contributed by atoms with E-state index in [0.717, 1.165) is 28.4 Å². The van der Waals surface area contributed by atoms with E-state index in [-0.39, 0.29) is 17.7 Å². The predicted octanol–water partition coefficient (Wildman–Crippen LogP) is 4.48. The molecule has 3 heterocycles. The minimum Gasteiger partial charge on any atom is -0.497 e. The summed E-state index contributed by atoms with van der Waals surface area (Å²) in [6, 6.07) is 21.2. The highest BCUT2D eigenvalue weighted by Crippen LogP contribution is 2.34. The van der Waals surface area contributed by atoms with Crippen LogP contribution in [0.1, 0.15) is 35.2 Å². The Morgan fingerprint density at radius 2 is 1.89 bits per heavy atom. The first-order valence-electron chi connectivity index (χ1n) is 11.2. The number of thioether (sulfide) groups is 1. The number of aromatic nitrogens is 3. The van der Waals surface area contributed by atoms with Crippen molar-refractivity contribution in [2.24, 2.45) is 12.1 Å². The van der Waals surface area contributed by atoms with Gasteiger partial charge in [-0.25, -0.2) is 5.01 Å². The number of nitrogens with zero attached hydrogens (tertiary/aromatic N) is 5. The number of carbonyl (C=O) groups is 1. The average Bonchev–Trinajstić information content (AvgIpc) is 3.65. The summed E-state index contributed by atoms with van der Waals surface area (Å²) < 4.78 is 12.8. The van der Waals surface area contributed by atoms with Crippen LogP contribution in [0.2, 0.25) is 0 Å². The van der Waals surface area contributed by atoms with Gasteiger partial charge in [-0.1, -0.05) is 42.1 Å². The largest absolute Gasteiger partial charge is 0.497 e. The molecular weight excluding hydrogens is 462 g/mol. The SMILES string of the molecule is COc1ccc(C2=NN(C(=O)CSc3nnc(Cc4ccccc4)n3C)[C@@H](c3ccco3)C2)cc1. The van der Waals surface area contributed by atoms with Crippen molar-refractivity contribution in [3.05, 3.63) is 95.7 Å². The fraction of sp³-hybridized carbons (Fsp3) is 0.231. The summed E-state index contributed by atoms with van der Waals surface area (Å²) in [5.74, 6) is 2.40. The van der Waals surface area contributed by atoms with Crippen LogP contribution in [-0.4, -0.2) is 44.3 Å². The molecule has 1 aliphatic heterocycles. The molecule has 0 saturated carbocycles. The summed E-state index contributed by atoms with van der Waals surface area (Å²) in [6.07, 6.45) is 2.87. The molecule has 1 amide bonds. The number of methoxy groups -OCH3 is 1. The van der Waals surface area contributed by atoms with Gasteiger partial charge in [-0.15, -0.1) is 10.2 Å². The maximum atomic E-state index is 13.3. The van der Waals surface area contributed by atoms with Gasteiger partial charge < -0.3 is 13.7 Å². The van der Waals surface area contributed by atoms with Gasteiger partial charge in [0.05, 0.1) is 24.8 Å². The van der Waals surface area contributed by atoms with E-state index < -0.39 is 0 Å². The normalized spacial score (nSPS) is 15.3. The highest BCUT2D eigenvalue weighted by Gasteiger charge is 2.35. The molecule has 5 rings (SSSR count). The van der Waals surface area contributed by atoms with Crippen LogP contribution < -0.4 is 4.74 Å². The first-order valence-corrected chi connectivity index (χ1v) is 12.2. The Kier molecular flexibility index (Phi) is 6.67. The van der Waals surface area contributed by atoms with E-state index in [1.54, 1.807) is 13.4 Å². The van der Waals surface area contributed by atoms with Crippen molar-refractivity contribution in [3.8, 4) is 5.75 Å². The first kappa shape index (κ1) is 22.9. The van der Waals surface area contributed by atoms with Gasteiger partial charge in [0, 0.05) is 19.9 Å². The Hall–Kier alpha value is -3.85. The van der Waals surface area contributed by atoms with Crippen molar-refractivity contribution in [2.45, 2.75) is 24.0 Å². The Morgan fingerprint density at radius 1 is 1.09 bits per heavy atom. The van der Waals surface area contributed by atoms with Crippen LogP contribution in [0.25, 0.3) is 0 Å². The van der Waals surface area contributed by atoms with Crippen molar-refractivity contribution < 1.29 is 13.9 Å². The molecule has 0 unspecified atom stereocenters. The van der Waals surface area contributed by atoms with Gasteiger partial charge in [0.2, 0.25) is 0 Å². The van der Waals surface area contributed by atoms with Gasteiger partial charge in [-0.2, -0.15) is 5.10 Å². The molecule has 4 aromatic rings. The third kappa shape index (κ3) is 5.00. The van der Waals surface area contributed by atoms with Crippen molar-refractivity contribution in [3.63, 3.8) is 0 Å². The number of hydrazone groups is 1. The van der Waals surface area contributed by atoms with Crippen LogP contribution in [0.15, 0.2) is 87.7 Å². The molecule has 0 N–H and O–H groups in total. The number of rotatable bonds is 8. The maximum absolute atomic E-state index is 13.3.